The Balaban J connectivity index is 1.42. The molecule has 2 saturated heterocycles. The van der Waals surface area contributed by atoms with E-state index in [1.807, 2.05) is 0 Å². The number of aromatic nitrogens is 2. The van der Waals surface area contributed by atoms with Gasteiger partial charge < -0.3 is 14.6 Å². The predicted octanol–water partition coefficient (Wildman–Crippen LogP) is 2.21. The molecule has 2 aromatic rings. The molecule has 1 amide bonds. The fraction of sp³-hybridized carbons (Fsp3) is 0.550. The predicted molar refractivity (Wildman–Crippen MR) is 108 cm³/mol. The Kier molecular flexibility index (Phi) is 6.45. The zero-order chi connectivity index (χ0) is 21.0. The van der Waals surface area contributed by atoms with Crippen LogP contribution in [0.1, 0.15) is 49.2 Å². The summed E-state index contributed by atoms with van der Waals surface area (Å²) in [7, 11) is -3.51. The highest BCUT2D eigenvalue weighted by atomic mass is 32.2. The lowest BCUT2D eigenvalue weighted by molar-refractivity contribution is 0.0822. The lowest BCUT2D eigenvalue weighted by Crippen LogP contribution is -2.32. The summed E-state index contributed by atoms with van der Waals surface area (Å²) in [6.45, 7) is 2.23. The number of sulfonamides is 1. The summed E-state index contributed by atoms with van der Waals surface area (Å²) in [4.78, 5) is 16.6. The molecule has 30 heavy (non-hydrogen) atoms. The number of rotatable bonds is 6. The fourth-order valence-corrected chi connectivity index (χ4v) is 5.24. The average Bonchev–Trinajstić information content (AvgIpc) is 3.39. The maximum atomic E-state index is 12.9. The van der Waals surface area contributed by atoms with E-state index in [9.17, 15) is 13.2 Å². The monoisotopic (exact) mass is 434 g/mol. The van der Waals surface area contributed by atoms with Gasteiger partial charge in [0.25, 0.3) is 0 Å². The number of carbonyl (C=O) groups is 1. The zero-order valence-electron chi connectivity index (χ0n) is 16.7. The first kappa shape index (κ1) is 21.0. The summed E-state index contributed by atoms with van der Waals surface area (Å²) < 4.78 is 37.8. The number of ether oxygens (including phenoxy) is 1. The van der Waals surface area contributed by atoms with Crippen molar-refractivity contribution >= 4 is 15.9 Å². The normalized spacial score (nSPS) is 20.7. The van der Waals surface area contributed by atoms with Gasteiger partial charge in [-0.1, -0.05) is 18.0 Å². The molecule has 0 saturated carbocycles. The van der Waals surface area contributed by atoms with Crippen LogP contribution >= 0.6 is 0 Å². The quantitative estimate of drug-likeness (QED) is 0.741. The molecule has 9 nitrogen and oxygen atoms in total. The molecule has 2 aliphatic heterocycles. The van der Waals surface area contributed by atoms with Crippen molar-refractivity contribution in [1.29, 1.82) is 0 Å². The molecule has 1 N–H and O–H groups in total. The first-order valence-electron chi connectivity index (χ1n) is 10.4. The maximum absolute atomic E-state index is 12.9. The van der Waals surface area contributed by atoms with Crippen molar-refractivity contribution in [3.05, 3.63) is 30.2 Å². The molecule has 2 aliphatic rings. The smallest absolute Gasteiger partial charge is 0.316 e. The van der Waals surface area contributed by atoms with Crippen molar-refractivity contribution in [2.75, 3.05) is 26.2 Å². The molecule has 1 aromatic heterocycles. The first-order valence-corrected chi connectivity index (χ1v) is 11.8. The summed E-state index contributed by atoms with van der Waals surface area (Å²) >= 11 is 0. The molecule has 3 heterocycles. The number of carbonyl (C=O) groups excluding carboxylic acids is 1. The zero-order valence-corrected chi connectivity index (χ0v) is 17.6. The Morgan fingerprint density at radius 1 is 1.10 bits per heavy atom. The number of nitrogens with one attached hydrogen (secondary N) is 1. The van der Waals surface area contributed by atoms with E-state index in [0.29, 0.717) is 31.8 Å². The Hall–Kier alpha value is -2.30. The standard InChI is InChI=1S/C20H26N4O5S/c25-19(21-14-16-6-5-13-28-16)20-22-18(23-29-20)15-7-9-17(10-8-15)30(26,27)24-11-3-1-2-4-12-24/h7-10,16H,1-6,11-14H2,(H,21,25)/t16-/m0/s1. The van der Waals surface area contributed by atoms with Gasteiger partial charge in [-0.05, 0) is 49.9 Å². The van der Waals surface area contributed by atoms with E-state index in [1.165, 1.54) is 0 Å². The van der Waals surface area contributed by atoms with Gasteiger partial charge in [0.05, 0.1) is 11.0 Å². The van der Waals surface area contributed by atoms with Crippen LogP contribution in [0.3, 0.4) is 0 Å². The molecular weight excluding hydrogens is 408 g/mol. The summed E-state index contributed by atoms with van der Waals surface area (Å²) in [6.07, 6.45) is 5.83. The summed E-state index contributed by atoms with van der Waals surface area (Å²) in [5, 5.41) is 6.57. The summed E-state index contributed by atoms with van der Waals surface area (Å²) in [6, 6.07) is 6.35. The lowest BCUT2D eigenvalue weighted by Gasteiger charge is -2.19. The second-order valence-corrected chi connectivity index (χ2v) is 9.55. The highest BCUT2D eigenvalue weighted by Crippen LogP contribution is 2.23. The Morgan fingerprint density at radius 3 is 2.50 bits per heavy atom. The number of hydrogen-bond acceptors (Lipinski definition) is 7. The third-order valence-electron chi connectivity index (χ3n) is 5.45. The Labute approximate surface area is 175 Å². The third kappa shape index (κ3) is 4.71. The van der Waals surface area contributed by atoms with Crippen molar-refractivity contribution in [1.82, 2.24) is 19.8 Å². The first-order chi connectivity index (χ1) is 14.5. The van der Waals surface area contributed by atoms with Crippen molar-refractivity contribution in [3.63, 3.8) is 0 Å². The molecular formula is C20H26N4O5S. The molecule has 2 fully saturated rings. The molecule has 0 radical (unpaired) electrons. The van der Waals surface area contributed by atoms with E-state index < -0.39 is 15.9 Å². The van der Waals surface area contributed by atoms with Crippen LogP contribution in [0.5, 0.6) is 0 Å². The highest BCUT2D eigenvalue weighted by Gasteiger charge is 2.25. The molecule has 1 aromatic carbocycles. The molecule has 1 atom stereocenters. The minimum Gasteiger partial charge on any atom is -0.376 e. The minimum atomic E-state index is -3.51. The van der Waals surface area contributed by atoms with Gasteiger partial charge in [-0.25, -0.2) is 8.42 Å². The molecule has 0 bridgehead atoms. The minimum absolute atomic E-state index is 0.0232. The van der Waals surface area contributed by atoms with E-state index in [4.69, 9.17) is 9.26 Å². The number of nitrogens with zero attached hydrogens (tertiary/aromatic N) is 3. The number of benzene rings is 1. The molecule has 0 spiro atoms. The van der Waals surface area contributed by atoms with E-state index >= 15 is 0 Å². The van der Waals surface area contributed by atoms with Crippen LogP contribution in [-0.2, 0) is 14.8 Å². The van der Waals surface area contributed by atoms with E-state index in [2.05, 4.69) is 15.5 Å². The van der Waals surface area contributed by atoms with E-state index in [-0.39, 0.29) is 22.7 Å². The van der Waals surface area contributed by atoms with Gasteiger partial charge in [-0.15, -0.1) is 0 Å². The van der Waals surface area contributed by atoms with Gasteiger partial charge >= 0.3 is 11.8 Å². The van der Waals surface area contributed by atoms with Crippen LogP contribution < -0.4 is 5.32 Å². The van der Waals surface area contributed by atoms with Gasteiger partial charge in [-0.3, -0.25) is 4.79 Å². The van der Waals surface area contributed by atoms with Crippen LogP contribution in [0.2, 0.25) is 0 Å². The van der Waals surface area contributed by atoms with Gasteiger partial charge in [0.2, 0.25) is 15.8 Å². The van der Waals surface area contributed by atoms with Crippen LogP contribution in [0.15, 0.2) is 33.7 Å². The van der Waals surface area contributed by atoms with Gasteiger partial charge in [0.1, 0.15) is 0 Å². The van der Waals surface area contributed by atoms with Gasteiger partial charge in [0.15, 0.2) is 0 Å². The van der Waals surface area contributed by atoms with Crippen molar-refractivity contribution in [3.8, 4) is 11.4 Å². The summed E-state index contributed by atoms with van der Waals surface area (Å²) in [5.41, 5.74) is 0.576. The average molecular weight is 435 g/mol. The second-order valence-electron chi connectivity index (χ2n) is 7.61. The van der Waals surface area contributed by atoms with Crippen LogP contribution in [0, 0.1) is 0 Å². The number of amides is 1. The second kappa shape index (κ2) is 9.23. The molecule has 4 rings (SSSR count). The Bertz CT molecular complexity index is 959. The molecule has 10 heteroatoms. The fourth-order valence-electron chi connectivity index (χ4n) is 3.73. The van der Waals surface area contributed by atoms with Crippen LogP contribution in [0.4, 0.5) is 0 Å². The lowest BCUT2D eigenvalue weighted by atomic mass is 10.2. The third-order valence-corrected chi connectivity index (χ3v) is 7.36. The van der Waals surface area contributed by atoms with E-state index in [0.717, 1.165) is 38.5 Å². The van der Waals surface area contributed by atoms with Crippen LogP contribution in [0.25, 0.3) is 11.4 Å². The molecule has 162 valence electrons. The van der Waals surface area contributed by atoms with Crippen LogP contribution in [-0.4, -0.2) is 61.1 Å². The molecule has 0 unspecified atom stereocenters. The highest BCUT2D eigenvalue weighted by molar-refractivity contribution is 7.89. The van der Waals surface area contributed by atoms with Gasteiger partial charge in [0, 0.05) is 31.8 Å². The van der Waals surface area contributed by atoms with Crippen molar-refractivity contribution < 1.29 is 22.5 Å². The topological polar surface area (TPSA) is 115 Å². The van der Waals surface area contributed by atoms with Crippen molar-refractivity contribution in [2.45, 2.75) is 49.5 Å². The maximum Gasteiger partial charge on any atom is 0.316 e. The van der Waals surface area contributed by atoms with Gasteiger partial charge in [-0.2, -0.15) is 9.29 Å². The SMILES string of the molecule is O=C(NC[C@@H]1CCCO1)c1nc(-c2ccc(S(=O)(=O)N3CCCCCC3)cc2)no1. The Morgan fingerprint density at radius 2 is 1.83 bits per heavy atom. The summed E-state index contributed by atoms with van der Waals surface area (Å²) in [5.74, 6) is -0.357. The molecule has 0 aliphatic carbocycles. The number of hydrogen-bond donors (Lipinski definition) is 1. The van der Waals surface area contributed by atoms with E-state index in [1.54, 1.807) is 28.6 Å². The van der Waals surface area contributed by atoms with Crippen molar-refractivity contribution in [2.24, 2.45) is 0 Å². The largest absolute Gasteiger partial charge is 0.376 e.